The van der Waals surface area contributed by atoms with E-state index in [1.54, 1.807) is 13.1 Å². The molecule has 0 fully saturated rings. The maximum Gasteiger partial charge on any atom is 0.240 e. The molecule has 1 heterocycles. The first-order valence-electron chi connectivity index (χ1n) is 5.92. The number of nitrogens with one attached hydrogen (secondary N) is 1. The molecule has 0 aliphatic heterocycles. The second-order valence-electron chi connectivity index (χ2n) is 4.16. The quantitative estimate of drug-likeness (QED) is 0.913. The van der Waals surface area contributed by atoms with Crippen LogP contribution >= 0.6 is 11.3 Å². The van der Waals surface area contributed by atoms with Crippen molar-refractivity contribution in [1.29, 1.82) is 5.26 Å². The maximum absolute atomic E-state index is 12.1. The largest absolute Gasteiger partial charge is 0.250 e. The molecule has 7 heteroatoms. The van der Waals surface area contributed by atoms with Crippen molar-refractivity contribution in [3.63, 3.8) is 0 Å². The van der Waals surface area contributed by atoms with Gasteiger partial charge in [0, 0.05) is 24.5 Å². The van der Waals surface area contributed by atoms with Crippen LogP contribution in [0.3, 0.4) is 0 Å². The Morgan fingerprint density at radius 3 is 2.85 bits per heavy atom. The number of nitrogens with zero attached hydrogens (tertiary/aromatic N) is 2. The number of nitriles is 1. The normalized spacial score (nSPS) is 11.2. The summed E-state index contributed by atoms with van der Waals surface area (Å²) in [5, 5.41) is 11.6. The van der Waals surface area contributed by atoms with Crippen LogP contribution in [0.25, 0.3) is 0 Å². The highest BCUT2D eigenvalue weighted by atomic mass is 32.2. The van der Waals surface area contributed by atoms with Crippen molar-refractivity contribution in [3.8, 4) is 6.07 Å². The first-order valence-corrected chi connectivity index (χ1v) is 8.28. The van der Waals surface area contributed by atoms with E-state index in [4.69, 9.17) is 5.26 Å². The predicted octanol–water partition coefficient (Wildman–Crippen LogP) is 1.84. The molecule has 1 aromatic carbocycles. The number of thiazole rings is 1. The van der Waals surface area contributed by atoms with Gasteiger partial charge < -0.3 is 0 Å². The molecule has 0 atom stereocenters. The number of hydrogen-bond acceptors (Lipinski definition) is 5. The van der Waals surface area contributed by atoms with Gasteiger partial charge in [0.05, 0.1) is 21.5 Å². The van der Waals surface area contributed by atoms with Crippen molar-refractivity contribution in [2.75, 3.05) is 6.54 Å². The molecule has 0 bridgehead atoms. The van der Waals surface area contributed by atoms with E-state index in [9.17, 15) is 8.42 Å². The van der Waals surface area contributed by atoms with Crippen LogP contribution in [0.4, 0.5) is 0 Å². The Bertz CT molecular complexity index is 731. The van der Waals surface area contributed by atoms with Gasteiger partial charge in [-0.15, -0.1) is 11.3 Å². The van der Waals surface area contributed by atoms with Gasteiger partial charge in [-0.05, 0) is 30.7 Å². The van der Waals surface area contributed by atoms with Crippen LogP contribution in [0.2, 0.25) is 0 Å². The van der Waals surface area contributed by atoms with Gasteiger partial charge >= 0.3 is 0 Å². The molecule has 0 amide bonds. The summed E-state index contributed by atoms with van der Waals surface area (Å²) in [5.41, 5.74) is 1.13. The second-order valence-corrected chi connectivity index (χ2v) is 6.91. The van der Waals surface area contributed by atoms with Crippen molar-refractivity contribution in [2.24, 2.45) is 0 Å². The fourth-order valence-electron chi connectivity index (χ4n) is 1.68. The maximum atomic E-state index is 12.1. The van der Waals surface area contributed by atoms with E-state index in [1.165, 1.54) is 29.5 Å². The van der Waals surface area contributed by atoms with Crippen LogP contribution in [-0.4, -0.2) is 19.9 Å². The summed E-state index contributed by atoms with van der Waals surface area (Å²) in [4.78, 5) is 4.27. The SMILES string of the molecule is Cc1cc(S(=O)(=O)NCCc2nccs2)ccc1C#N. The Hall–Kier alpha value is -1.75. The minimum atomic E-state index is -3.54. The molecule has 0 saturated carbocycles. The van der Waals surface area contributed by atoms with Crippen LogP contribution < -0.4 is 4.72 Å². The first-order chi connectivity index (χ1) is 9.53. The fourth-order valence-corrected chi connectivity index (χ4v) is 3.42. The Morgan fingerprint density at radius 1 is 1.45 bits per heavy atom. The third-order valence-corrected chi connectivity index (χ3v) is 5.04. The summed E-state index contributed by atoms with van der Waals surface area (Å²) in [6.07, 6.45) is 2.25. The minimum absolute atomic E-state index is 0.174. The number of aromatic nitrogens is 1. The highest BCUT2D eigenvalue weighted by Crippen LogP contribution is 2.14. The lowest BCUT2D eigenvalue weighted by atomic mass is 10.1. The van der Waals surface area contributed by atoms with Crippen LogP contribution in [-0.2, 0) is 16.4 Å². The van der Waals surface area contributed by atoms with Gasteiger partial charge in [0.15, 0.2) is 0 Å². The number of sulfonamides is 1. The average Bonchev–Trinajstić information content (AvgIpc) is 2.91. The molecular weight excluding hydrogens is 294 g/mol. The van der Waals surface area contributed by atoms with Crippen molar-refractivity contribution >= 4 is 21.4 Å². The summed E-state index contributed by atoms with van der Waals surface area (Å²) in [5.74, 6) is 0. The summed E-state index contributed by atoms with van der Waals surface area (Å²) in [6, 6.07) is 6.48. The van der Waals surface area contributed by atoms with Crippen LogP contribution in [0, 0.1) is 18.3 Å². The number of benzene rings is 1. The average molecular weight is 307 g/mol. The van der Waals surface area contributed by atoms with Crippen LogP contribution in [0.5, 0.6) is 0 Å². The zero-order valence-corrected chi connectivity index (χ0v) is 12.5. The zero-order chi connectivity index (χ0) is 14.6. The van der Waals surface area contributed by atoms with E-state index in [1.807, 2.05) is 11.4 Å². The van der Waals surface area contributed by atoms with E-state index in [0.29, 0.717) is 24.1 Å². The topological polar surface area (TPSA) is 82.8 Å². The van der Waals surface area contributed by atoms with Crippen molar-refractivity contribution in [3.05, 3.63) is 45.9 Å². The monoisotopic (exact) mass is 307 g/mol. The van der Waals surface area contributed by atoms with E-state index in [0.717, 1.165) is 5.01 Å². The molecule has 0 unspecified atom stereocenters. The van der Waals surface area contributed by atoms with Gasteiger partial charge in [0.1, 0.15) is 0 Å². The predicted molar refractivity (Wildman–Crippen MR) is 76.9 cm³/mol. The number of aryl methyl sites for hydroxylation is 1. The first kappa shape index (κ1) is 14.7. The van der Waals surface area contributed by atoms with E-state index < -0.39 is 10.0 Å². The highest BCUT2D eigenvalue weighted by molar-refractivity contribution is 7.89. The van der Waals surface area contributed by atoms with Gasteiger partial charge in [-0.3, -0.25) is 0 Å². The summed E-state index contributed by atoms with van der Waals surface area (Å²) in [7, 11) is -3.54. The molecule has 2 aromatic rings. The standard InChI is InChI=1S/C13H13N3O2S2/c1-10-8-12(3-2-11(10)9-14)20(17,18)16-5-4-13-15-6-7-19-13/h2-3,6-8,16H,4-5H2,1H3. The van der Waals surface area contributed by atoms with Crippen molar-refractivity contribution in [1.82, 2.24) is 9.71 Å². The molecule has 104 valence electrons. The summed E-state index contributed by atoms with van der Waals surface area (Å²) in [6.45, 7) is 2.02. The van der Waals surface area contributed by atoms with E-state index >= 15 is 0 Å². The Kier molecular flexibility index (Phi) is 4.49. The minimum Gasteiger partial charge on any atom is -0.250 e. The van der Waals surface area contributed by atoms with E-state index in [2.05, 4.69) is 9.71 Å². The second kappa shape index (κ2) is 6.13. The Labute approximate surface area is 122 Å². The van der Waals surface area contributed by atoms with Gasteiger partial charge in [0.25, 0.3) is 0 Å². The lowest BCUT2D eigenvalue weighted by Crippen LogP contribution is -2.26. The molecule has 2 rings (SSSR count). The summed E-state index contributed by atoms with van der Waals surface area (Å²) < 4.78 is 26.7. The molecule has 0 aliphatic rings. The molecule has 20 heavy (non-hydrogen) atoms. The zero-order valence-electron chi connectivity index (χ0n) is 10.8. The Balaban J connectivity index is 2.06. The van der Waals surface area contributed by atoms with Gasteiger partial charge in [-0.25, -0.2) is 18.1 Å². The highest BCUT2D eigenvalue weighted by Gasteiger charge is 2.14. The lowest BCUT2D eigenvalue weighted by molar-refractivity contribution is 0.581. The Morgan fingerprint density at radius 2 is 2.25 bits per heavy atom. The van der Waals surface area contributed by atoms with Crippen molar-refractivity contribution < 1.29 is 8.42 Å². The molecule has 0 saturated heterocycles. The van der Waals surface area contributed by atoms with Crippen molar-refractivity contribution in [2.45, 2.75) is 18.2 Å². The molecule has 5 nitrogen and oxygen atoms in total. The fraction of sp³-hybridized carbons (Fsp3) is 0.231. The molecule has 1 N–H and O–H groups in total. The smallest absolute Gasteiger partial charge is 0.240 e. The van der Waals surface area contributed by atoms with Gasteiger partial charge in [-0.2, -0.15) is 5.26 Å². The third kappa shape index (κ3) is 3.42. The van der Waals surface area contributed by atoms with E-state index in [-0.39, 0.29) is 4.90 Å². The number of rotatable bonds is 5. The molecule has 0 spiro atoms. The molecule has 1 aromatic heterocycles. The van der Waals surface area contributed by atoms with Gasteiger partial charge in [0.2, 0.25) is 10.0 Å². The number of hydrogen-bond donors (Lipinski definition) is 1. The van der Waals surface area contributed by atoms with Crippen LogP contribution in [0.15, 0.2) is 34.7 Å². The molecule has 0 radical (unpaired) electrons. The summed E-state index contributed by atoms with van der Waals surface area (Å²) >= 11 is 1.49. The third-order valence-electron chi connectivity index (χ3n) is 2.74. The van der Waals surface area contributed by atoms with Gasteiger partial charge in [-0.1, -0.05) is 0 Å². The molecule has 0 aliphatic carbocycles. The molecular formula is C13H13N3O2S2. The van der Waals surface area contributed by atoms with Crippen LogP contribution in [0.1, 0.15) is 16.1 Å². The lowest BCUT2D eigenvalue weighted by Gasteiger charge is -2.07.